The summed E-state index contributed by atoms with van der Waals surface area (Å²) in [7, 11) is 0. The van der Waals surface area contributed by atoms with Crippen molar-refractivity contribution in [3.8, 4) is 0 Å². The van der Waals surface area contributed by atoms with Crippen LogP contribution in [0.1, 0.15) is 30.5 Å². The third kappa shape index (κ3) is 4.78. The maximum atomic E-state index is 13.0. The minimum absolute atomic E-state index is 0.000817. The molecule has 1 atom stereocenters. The van der Waals surface area contributed by atoms with Crippen LogP contribution in [0.25, 0.3) is 0 Å². The average Bonchev–Trinajstić information content (AvgIpc) is 3.14. The van der Waals surface area contributed by atoms with Crippen LogP contribution in [0.4, 0.5) is 0 Å². The summed E-state index contributed by atoms with van der Waals surface area (Å²) in [5.41, 5.74) is 9.49. The first-order valence-electron chi connectivity index (χ1n) is 9.78. The molecule has 148 valence electrons. The molecule has 1 aliphatic rings. The van der Waals surface area contributed by atoms with Gasteiger partial charge in [0.05, 0.1) is 6.04 Å². The largest absolute Gasteiger partial charge is 0.459 e. The van der Waals surface area contributed by atoms with E-state index in [-0.39, 0.29) is 31.0 Å². The third-order valence-corrected chi connectivity index (χ3v) is 5.30. The molecule has 0 fully saturated rings. The highest BCUT2D eigenvalue weighted by molar-refractivity contribution is 5.86. The fourth-order valence-corrected chi connectivity index (χ4v) is 3.54. The first-order chi connectivity index (χ1) is 13.5. The summed E-state index contributed by atoms with van der Waals surface area (Å²) < 4.78 is 5.41. The van der Waals surface area contributed by atoms with Crippen molar-refractivity contribution in [3.63, 3.8) is 0 Å². The number of fused-ring (bicyclic) bond motifs is 1. The van der Waals surface area contributed by atoms with Crippen LogP contribution in [-0.2, 0) is 33.8 Å². The summed E-state index contributed by atoms with van der Waals surface area (Å²) in [5.74, 6) is -0.604. The molecular weight excluding hydrogens is 352 g/mol. The number of ether oxygens (including phenoxy) is 1. The zero-order valence-electron chi connectivity index (χ0n) is 16.5. The molecule has 2 N–H and O–H groups in total. The zero-order chi connectivity index (χ0) is 20.1. The van der Waals surface area contributed by atoms with Crippen molar-refractivity contribution in [3.05, 3.63) is 71.3 Å². The van der Waals surface area contributed by atoms with E-state index < -0.39 is 12.0 Å². The Morgan fingerprint density at radius 1 is 1.04 bits per heavy atom. The van der Waals surface area contributed by atoms with Gasteiger partial charge < -0.3 is 15.4 Å². The molecule has 5 nitrogen and oxygen atoms in total. The normalized spacial score (nSPS) is 14.6. The van der Waals surface area contributed by atoms with Crippen LogP contribution in [0, 0.1) is 5.92 Å². The van der Waals surface area contributed by atoms with Crippen molar-refractivity contribution in [1.82, 2.24) is 4.90 Å². The molecule has 1 unspecified atom stereocenters. The number of hydrogen-bond acceptors (Lipinski definition) is 4. The van der Waals surface area contributed by atoms with Crippen LogP contribution in [0.2, 0.25) is 0 Å². The summed E-state index contributed by atoms with van der Waals surface area (Å²) in [5, 5.41) is 0. The standard InChI is InChI=1S/C23H28N2O3/c1-16(2)22(24)23(27)25(20-12-18-10-6-7-11-19(18)13-20)14-21(26)28-15-17-8-4-3-5-9-17/h3-11,16,20,22H,12-15,24H2,1-2H3. The zero-order valence-corrected chi connectivity index (χ0v) is 16.5. The maximum absolute atomic E-state index is 13.0. The van der Waals surface area contributed by atoms with Crippen LogP contribution in [-0.4, -0.2) is 35.4 Å². The third-order valence-electron chi connectivity index (χ3n) is 5.30. The molecule has 1 aliphatic carbocycles. The topological polar surface area (TPSA) is 72.6 Å². The molecule has 2 aromatic carbocycles. The summed E-state index contributed by atoms with van der Waals surface area (Å²) in [6.45, 7) is 3.95. The molecule has 0 aliphatic heterocycles. The quantitative estimate of drug-likeness (QED) is 0.750. The van der Waals surface area contributed by atoms with Crippen molar-refractivity contribution >= 4 is 11.9 Å². The van der Waals surface area contributed by atoms with Crippen molar-refractivity contribution in [1.29, 1.82) is 0 Å². The maximum Gasteiger partial charge on any atom is 0.325 e. The van der Waals surface area contributed by atoms with Crippen molar-refractivity contribution in [2.45, 2.75) is 45.4 Å². The SMILES string of the molecule is CC(C)C(N)C(=O)N(CC(=O)OCc1ccccc1)C1Cc2ccccc2C1. The smallest absolute Gasteiger partial charge is 0.325 e. The predicted octanol–water partition coefficient (Wildman–Crippen LogP) is 2.71. The van der Waals surface area contributed by atoms with E-state index >= 15 is 0 Å². The number of nitrogens with two attached hydrogens (primary N) is 1. The number of nitrogens with zero attached hydrogens (tertiary/aromatic N) is 1. The monoisotopic (exact) mass is 380 g/mol. The van der Waals surface area contributed by atoms with Gasteiger partial charge in [0.2, 0.25) is 5.91 Å². The molecule has 0 saturated carbocycles. The van der Waals surface area contributed by atoms with Crippen LogP contribution in [0.15, 0.2) is 54.6 Å². The van der Waals surface area contributed by atoms with E-state index in [1.165, 1.54) is 11.1 Å². The lowest BCUT2D eigenvalue weighted by atomic mass is 10.0. The fraction of sp³-hybridized carbons (Fsp3) is 0.391. The van der Waals surface area contributed by atoms with Gasteiger partial charge in [0, 0.05) is 6.04 Å². The Hall–Kier alpha value is -2.66. The Bertz CT molecular complexity index is 795. The minimum atomic E-state index is -0.634. The molecule has 0 saturated heterocycles. The highest BCUT2D eigenvalue weighted by Gasteiger charge is 2.34. The summed E-state index contributed by atoms with van der Waals surface area (Å²) >= 11 is 0. The lowest BCUT2D eigenvalue weighted by Crippen LogP contribution is -2.52. The second-order valence-electron chi connectivity index (χ2n) is 7.71. The van der Waals surface area contributed by atoms with Crippen LogP contribution < -0.4 is 5.73 Å². The van der Waals surface area contributed by atoms with Gasteiger partial charge >= 0.3 is 5.97 Å². The van der Waals surface area contributed by atoms with Gasteiger partial charge in [-0.25, -0.2) is 0 Å². The number of rotatable bonds is 7. The van der Waals surface area contributed by atoms with Gasteiger partial charge in [-0.1, -0.05) is 68.4 Å². The number of esters is 1. The van der Waals surface area contributed by atoms with Crippen molar-refractivity contribution in [2.24, 2.45) is 11.7 Å². The lowest BCUT2D eigenvalue weighted by Gasteiger charge is -2.31. The summed E-state index contributed by atoms with van der Waals surface area (Å²) in [6.07, 6.45) is 1.47. The van der Waals surface area contributed by atoms with E-state index in [0.717, 1.165) is 18.4 Å². The van der Waals surface area contributed by atoms with E-state index in [0.29, 0.717) is 0 Å². The Kier molecular flexibility index (Phi) is 6.47. The van der Waals surface area contributed by atoms with E-state index in [4.69, 9.17) is 10.5 Å². The number of amides is 1. The molecular formula is C23H28N2O3. The van der Waals surface area contributed by atoms with Gasteiger partial charge in [0.15, 0.2) is 0 Å². The van der Waals surface area contributed by atoms with Crippen LogP contribution in [0.5, 0.6) is 0 Å². The Labute approximate surface area is 166 Å². The molecule has 2 aromatic rings. The van der Waals surface area contributed by atoms with Crippen molar-refractivity contribution < 1.29 is 14.3 Å². The lowest BCUT2D eigenvalue weighted by molar-refractivity contribution is -0.152. The fourth-order valence-electron chi connectivity index (χ4n) is 3.54. The van der Waals surface area contributed by atoms with Gasteiger partial charge in [-0.05, 0) is 35.4 Å². The van der Waals surface area contributed by atoms with Gasteiger partial charge in [-0.15, -0.1) is 0 Å². The number of hydrogen-bond donors (Lipinski definition) is 1. The van der Waals surface area contributed by atoms with Crippen molar-refractivity contribution in [2.75, 3.05) is 6.54 Å². The summed E-state index contributed by atoms with van der Waals surface area (Å²) in [6, 6.07) is 17.0. The van der Waals surface area contributed by atoms with E-state index in [1.807, 2.05) is 56.3 Å². The highest BCUT2D eigenvalue weighted by atomic mass is 16.5. The molecule has 28 heavy (non-hydrogen) atoms. The molecule has 0 heterocycles. The predicted molar refractivity (Wildman–Crippen MR) is 108 cm³/mol. The first-order valence-corrected chi connectivity index (χ1v) is 9.78. The van der Waals surface area contributed by atoms with Crippen LogP contribution in [0.3, 0.4) is 0 Å². The van der Waals surface area contributed by atoms with Gasteiger partial charge in [0.25, 0.3) is 0 Å². The van der Waals surface area contributed by atoms with Gasteiger partial charge in [0.1, 0.15) is 13.2 Å². The Morgan fingerprint density at radius 2 is 1.61 bits per heavy atom. The number of carbonyl (C=O) groups is 2. The molecule has 1 amide bonds. The van der Waals surface area contributed by atoms with E-state index in [9.17, 15) is 9.59 Å². The van der Waals surface area contributed by atoms with Crippen LogP contribution >= 0.6 is 0 Å². The van der Waals surface area contributed by atoms with Gasteiger partial charge in [-0.3, -0.25) is 9.59 Å². The molecule has 0 aromatic heterocycles. The average molecular weight is 380 g/mol. The Balaban J connectivity index is 1.69. The second-order valence-corrected chi connectivity index (χ2v) is 7.71. The Morgan fingerprint density at radius 3 is 2.18 bits per heavy atom. The number of carbonyl (C=O) groups excluding carboxylic acids is 2. The highest BCUT2D eigenvalue weighted by Crippen LogP contribution is 2.26. The molecule has 3 rings (SSSR count). The van der Waals surface area contributed by atoms with E-state index in [1.54, 1.807) is 4.90 Å². The minimum Gasteiger partial charge on any atom is -0.459 e. The molecule has 5 heteroatoms. The second kappa shape index (κ2) is 9.02. The van der Waals surface area contributed by atoms with Gasteiger partial charge in [-0.2, -0.15) is 0 Å². The summed E-state index contributed by atoms with van der Waals surface area (Å²) in [4.78, 5) is 27.1. The molecule has 0 bridgehead atoms. The molecule has 0 spiro atoms. The van der Waals surface area contributed by atoms with E-state index in [2.05, 4.69) is 12.1 Å². The molecule has 0 radical (unpaired) electrons. The first kappa shape index (κ1) is 20.1. The number of benzene rings is 2.